The molecule has 3 fully saturated rings. The molecule has 3 aliphatic carbocycles. The van der Waals surface area contributed by atoms with Crippen molar-refractivity contribution in [2.45, 2.75) is 95.5 Å². The van der Waals surface area contributed by atoms with E-state index in [1.807, 2.05) is 0 Å². The Morgan fingerprint density at radius 1 is 0.632 bits per heavy atom. The van der Waals surface area contributed by atoms with Gasteiger partial charge in [0.1, 0.15) is 0 Å². The molecule has 0 bridgehead atoms. The fourth-order valence-corrected chi connectivity index (χ4v) is 5.50. The van der Waals surface area contributed by atoms with Gasteiger partial charge < -0.3 is 5.11 Å². The second-order valence-corrected chi connectivity index (χ2v) is 7.58. The van der Waals surface area contributed by atoms with E-state index in [0.29, 0.717) is 11.8 Å². The predicted molar refractivity (Wildman–Crippen MR) is 80.1 cm³/mol. The summed E-state index contributed by atoms with van der Waals surface area (Å²) < 4.78 is 0. The van der Waals surface area contributed by atoms with Crippen LogP contribution in [-0.4, -0.2) is 10.7 Å². The molecule has 0 amide bonds. The quantitative estimate of drug-likeness (QED) is 0.738. The maximum Gasteiger partial charge on any atom is 0.0706 e. The summed E-state index contributed by atoms with van der Waals surface area (Å²) in [4.78, 5) is 0. The lowest BCUT2D eigenvalue weighted by Crippen LogP contribution is -2.51. The van der Waals surface area contributed by atoms with Gasteiger partial charge in [-0.1, -0.05) is 64.2 Å². The fourth-order valence-electron chi connectivity index (χ4n) is 5.50. The van der Waals surface area contributed by atoms with Crippen LogP contribution in [0.15, 0.2) is 0 Å². The van der Waals surface area contributed by atoms with Crippen molar-refractivity contribution in [3.8, 4) is 0 Å². The minimum absolute atomic E-state index is 0.277. The van der Waals surface area contributed by atoms with E-state index in [1.54, 1.807) is 0 Å². The first-order chi connectivity index (χ1) is 9.31. The van der Waals surface area contributed by atoms with Crippen molar-refractivity contribution in [1.82, 2.24) is 0 Å². The molecule has 0 aromatic heterocycles. The molecule has 3 aliphatic rings. The lowest BCUT2D eigenvalue weighted by atomic mass is 9.59. The topological polar surface area (TPSA) is 20.2 Å². The molecular weight excluding hydrogens is 232 g/mol. The van der Waals surface area contributed by atoms with Gasteiger partial charge in [0.05, 0.1) is 5.60 Å². The van der Waals surface area contributed by atoms with E-state index in [2.05, 4.69) is 0 Å². The lowest BCUT2D eigenvalue weighted by Gasteiger charge is -2.50. The number of rotatable bonds is 2. The Morgan fingerprint density at radius 3 is 1.89 bits per heavy atom. The summed E-state index contributed by atoms with van der Waals surface area (Å²) in [6.45, 7) is 0. The molecule has 0 spiro atoms. The van der Waals surface area contributed by atoms with Crippen molar-refractivity contribution < 1.29 is 5.11 Å². The van der Waals surface area contributed by atoms with Crippen LogP contribution in [0.3, 0.4) is 0 Å². The van der Waals surface area contributed by atoms with Crippen molar-refractivity contribution in [3.05, 3.63) is 0 Å². The van der Waals surface area contributed by atoms with Crippen LogP contribution in [0.4, 0.5) is 0 Å². The Balaban J connectivity index is 1.74. The Morgan fingerprint density at radius 2 is 1.21 bits per heavy atom. The second kappa shape index (κ2) is 6.16. The minimum Gasteiger partial charge on any atom is -0.389 e. The van der Waals surface area contributed by atoms with Gasteiger partial charge in [-0.15, -0.1) is 0 Å². The molecule has 19 heavy (non-hydrogen) atoms. The number of aliphatic hydroxyl groups is 1. The van der Waals surface area contributed by atoms with Gasteiger partial charge in [0.2, 0.25) is 0 Å². The highest BCUT2D eigenvalue weighted by molar-refractivity contribution is 4.98. The van der Waals surface area contributed by atoms with Crippen molar-refractivity contribution >= 4 is 0 Å². The van der Waals surface area contributed by atoms with Crippen molar-refractivity contribution in [1.29, 1.82) is 0 Å². The monoisotopic (exact) mass is 264 g/mol. The van der Waals surface area contributed by atoms with Crippen LogP contribution < -0.4 is 0 Å². The fraction of sp³-hybridized carbons (Fsp3) is 1.00. The molecule has 3 saturated carbocycles. The Kier molecular flexibility index (Phi) is 4.51. The van der Waals surface area contributed by atoms with Crippen molar-refractivity contribution in [2.75, 3.05) is 0 Å². The van der Waals surface area contributed by atoms with Gasteiger partial charge in [-0.2, -0.15) is 0 Å². The standard InChI is InChI=1S/C18H32O/c19-18(16-11-5-2-6-12-16)14-8-7-13-17(18)15-9-3-1-4-10-15/h15-17,19H,1-14H2. The van der Waals surface area contributed by atoms with Crippen molar-refractivity contribution in [2.24, 2.45) is 17.8 Å². The van der Waals surface area contributed by atoms with Gasteiger partial charge in [0.15, 0.2) is 0 Å². The molecule has 0 saturated heterocycles. The highest BCUT2D eigenvalue weighted by atomic mass is 16.3. The highest BCUT2D eigenvalue weighted by Crippen LogP contribution is 2.50. The van der Waals surface area contributed by atoms with E-state index in [1.165, 1.54) is 83.5 Å². The van der Waals surface area contributed by atoms with Gasteiger partial charge in [-0.25, -0.2) is 0 Å². The van der Waals surface area contributed by atoms with Gasteiger partial charge >= 0.3 is 0 Å². The first-order valence-electron chi connectivity index (χ1n) is 9.03. The second-order valence-electron chi connectivity index (χ2n) is 7.58. The molecular formula is C18H32O. The number of hydrogen-bond donors (Lipinski definition) is 1. The van der Waals surface area contributed by atoms with Crippen LogP contribution in [0.5, 0.6) is 0 Å². The SMILES string of the molecule is OC1(C2CCCCC2)CCCCC1C1CCCCC1. The first-order valence-corrected chi connectivity index (χ1v) is 9.03. The molecule has 0 aliphatic heterocycles. The normalized spacial score (nSPS) is 39.3. The van der Waals surface area contributed by atoms with E-state index >= 15 is 0 Å². The molecule has 1 nitrogen and oxygen atoms in total. The van der Waals surface area contributed by atoms with Crippen LogP contribution in [0.25, 0.3) is 0 Å². The molecule has 0 aromatic rings. The Bertz CT molecular complexity index is 275. The summed E-state index contributed by atoms with van der Waals surface area (Å²) in [6.07, 6.45) is 18.9. The summed E-state index contributed by atoms with van der Waals surface area (Å²) in [5.74, 6) is 2.12. The van der Waals surface area contributed by atoms with E-state index < -0.39 is 0 Å². The molecule has 0 radical (unpaired) electrons. The van der Waals surface area contributed by atoms with Crippen LogP contribution in [-0.2, 0) is 0 Å². The largest absolute Gasteiger partial charge is 0.389 e. The predicted octanol–water partition coefficient (Wildman–Crippen LogP) is 5.07. The molecule has 2 unspecified atom stereocenters. The Labute approximate surface area is 119 Å². The Hall–Kier alpha value is -0.0400. The van der Waals surface area contributed by atoms with Gasteiger partial charge in [0.25, 0.3) is 0 Å². The van der Waals surface area contributed by atoms with Gasteiger partial charge in [-0.05, 0) is 43.4 Å². The molecule has 0 heterocycles. The van der Waals surface area contributed by atoms with Crippen LogP contribution in [0.1, 0.15) is 89.9 Å². The van der Waals surface area contributed by atoms with E-state index in [9.17, 15) is 5.11 Å². The average Bonchev–Trinajstić information content (AvgIpc) is 2.49. The highest BCUT2D eigenvalue weighted by Gasteiger charge is 2.47. The number of hydrogen-bond acceptors (Lipinski definition) is 1. The lowest BCUT2D eigenvalue weighted by molar-refractivity contribution is -0.126. The van der Waals surface area contributed by atoms with Crippen LogP contribution in [0, 0.1) is 17.8 Å². The molecule has 2 atom stereocenters. The summed E-state index contributed by atoms with van der Waals surface area (Å²) in [7, 11) is 0. The molecule has 1 heteroatoms. The summed E-state index contributed by atoms with van der Waals surface area (Å²) in [6, 6.07) is 0. The van der Waals surface area contributed by atoms with Crippen LogP contribution in [0.2, 0.25) is 0 Å². The summed E-state index contributed by atoms with van der Waals surface area (Å²) in [5, 5.41) is 11.5. The zero-order valence-corrected chi connectivity index (χ0v) is 12.6. The average molecular weight is 264 g/mol. The smallest absolute Gasteiger partial charge is 0.0706 e. The third-order valence-electron chi connectivity index (χ3n) is 6.52. The minimum atomic E-state index is -0.277. The third kappa shape index (κ3) is 2.86. The van der Waals surface area contributed by atoms with E-state index in [-0.39, 0.29) is 5.60 Å². The summed E-state index contributed by atoms with van der Waals surface area (Å²) >= 11 is 0. The van der Waals surface area contributed by atoms with Crippen LogP contribution >= 0.6 is 0 Å². The zero-order chi connectivity index (χ0) is 13.1. The zero-order valence-electron chi connectivity index (χ0n) is 12.6. The maximum atomic E-state index is 11.5. The van der Waals surface area contributed by atoms with Crippen molar-refractivity contribution in [3.63, 3.8) is 0 Å². The first kappa shape index (κ1) is 13.9. The van der Waals surface area contributed by atoms with Gasteiger partial charge in [-0.3, -0.25) is 0 Å². The molecule has 110 valence electrons. The third-order valence-corrected chi connectivity index (χ3v) is 6.52. The molecule has 1 N–H and O–H groups in total. The maximum absolute atomic E-state index is 11.5. The molecule has 3 rings (SSSR count). The van der Waals surface area contributed by atoms with Gasteiger partial charge in [0, 0.05) is 0 Å². The molecule has 0 aromatic carbocycles. The van der Waals surface area contributed by atoms with E-state index in [4.69, 9.17) is 0 Å². The summed E-state index contributed by atoms with van der Waals surface area (Å²) in [5.41, 5.74) is -0.277. The van der Waals surface area contributed by atoms with E-state index in [0.717, 1.165) is 12.3 Å².